The Balaban J connectivity index is 2.30. The zero-order chi connectivity index (χ0) is 12.9. The molecule has 4 nitrogen and oxygen atoms in total. The van der Waals surface area contributed by atoms with E-state index in [1.807, 2.05) is 6.92 Å². The second kappa shape index (κ2) is 3.88. The predicted octanol–water partition coefficient (Wildman–Crippen LogP) is 2.07. The molecule has 0 radical (unpaired) electrons. The van der Waals surface area contributed by atoms with Crippen molar-refractivity contribution >= 4 is 18.7 Å². The largest absolute Gasteiger partial charge is 0.282 e. The summed E-state index contributed by atoms with van der Waals surface area (Å²) in [5.74, 6) is -0.143. The third-order valence-corrected chi connectivity index (χ3v) is 4.71. The Hall–Kier alpha value is -1.23. The first-order chi connectivity index (χ1) is 8.58. The van der Waals surface area contributed by atoms with Crippen LogP contribution >= 0.6 is 12.8 Å². The molecule has 1 spiro atoms. The van der Waals surface area contributed by atoms with Crippen LogP contribution < -0.4 is 5.56 Å². The molecule has 0 saturated heterocycles. The Morgan fingerprint density at radius 2 is 1.83 bits per heavy atom. The van der Waals surface area contributed by atoms with E-state index in [2.05, 4.69) is 12.8 Å². The van der Waals surface area contributed by atoms with Crippen LogP contribution in [0.1, 0.15) is 48.2 Å². The van der Waals surface area contributed by atoms with E-state index >= 15 is 0 Å². The van der Waals surface area contributed by atoms with Crippen molar-refractivity contribution < 1.29 is 4.79 Å². The molecule has 0 unspecified atom stereocenters. The molecule has 2 aliphatic rings. The zero-order valence-electron chi connectivity index (χ0n) is 10.3. The lowest BCUT2D eigenvalue weighted by atomic mass is 9.89. The van der Waals surface area contributed by atoms with Gasteiger partial charge in [0.15, 0.2) is 0 Å². The number of thiol groups is 1. The number of amides is 1. The van der Waals surface area contributed by atoms with Crippen LogP contribution in [-0.4, -0.2) is 14.8 Å². The van der Waals surface area contributed by atoms with Gasteiger partial charge in [0.1, 0.15) is 11.4 Å². The van der Waals surface area contributed by atoms with Gasteiger partial charge in [0, 0.05) is 6.07 Å². The minimum Gasteiger partial charge on any atom is -0.278 e. The van der Waals surface area contributed by atoms with Gasteiger partial charge in [-0.3, -0.25) is 18.5 Å². The summed E-state index contributed by atoms with van der Waals surface area (Å²) in [7, 11) is 0. The first-order valence-corrected chi connectivity index (χ1v) is 6.74. The number of carbonyl (C=O) groups excluding carboxylic acids is 1. The van der Waals surface area contributed by atoms with Gasteiger partial charge in [-0.2, -0.15) is 0 Å². The summed E-state index contributed by atoms with van der Waals surface area (Å²) in [5, 5.41) is 0. The van der Waals surface area contributed by atoms with Gasteiger partial charge in [-0.1, -0.05) is 25.3 Å². The fraction of sp³-hybridized carbons (Fsp3) is 0.538. The van der Waals surface area contributed by atoms with Crippen LogP contribution in [-0.2, 0) is 5.66 Å². The number of rotatable bonds is 0. The van der Waals surface area contributed by atoms with E-state index in [4.69, 9.17) is 0 Å². The Bertz CT molecular complexity index is 573. The van der Waals surface area contributed by atoms with Crippen LogP contribution in [0, 0.1) is 6.92 Å². The summed E-state index contributed by atoms with van der Waals surface area (Å²) >= 11 is 4.38. The second-order valence-electron chi connectivity index (χ2n) is 5.20. The third-order valence-electron chi connectivity index (χ3n) is 4.15. The van der Waals surface area contributed by atoms with Crippen LogP contribution in [0.3, 0.4) is 0 Å². The normalized spacial score (nSPS) is 21.4. The molecule has 3 rings (SSSR count). The van der Waals surface area contributed by atoms with E-state index in [0.29, 0.717) is 5.69 Å². The first-order valence-electron chi connectivity index (χ1n) is 6.34. The van der Waals surface area contributed by atoms with Crippen molar-refractivity contribution in [2.75, 3.05) is 0 Å². The summed E-state index contributed by atoms with van der Waals surface area (Å²) in [6.07, 6.45) is 4.86. The number of carbonyl (C=O) groups is 1. The molecule has 0 atom stereocenters. The predicted molar refractivity (Wildman–Crippen MR) is 71.7 cm³/mol. The van der Waals surface area contributed by atoms with Crippen molar-refractivity contribution in [1.29, 1.82) is 0 Å². The Morgan fingerprint density at radius 3 is 2.50 bits per heavy atom. The van der Waals surface area contributed by atoms with E-state index < -0.39 is 5.66 Å². The quantitative estimate of drug-likeness (QED) is 0.729. The summed E-state index contributed by atoms with van der Waals surface area (Å²) in [5.41, 5.74) is 0.736. The van der Waals surface area contributed by atoms with Gasteiger partial charge < -0.3 is 0 Å². The second-order valence-corrected chi connectivity index (χ2v) is 5.60. The van der Waals surface area contributed by atoms with Gasteiger partial charge in [-0.25, -0.2) is 0 Å². The minimum atomic E-state index is -0.531. The fourth-order valence-corrected chi connectivity index (χ4v) is 3.64. The number of aryl methyl sites for hydroxylation is 1. The highest BCUT2D eigenvalue weighted by Gasteiger charge is 2.49. The molecule has 18 heavy (non-hydrogen) atoms. The number of aromatic nitrogens is 1. The molecule has 5 heteroatoms. The Kier molecular flexibility index (Phi) is 2.55. The number of nitrogens with zero attached hydrogens (tertiary/aromatic N) is 2. The van der Waals surface area contributed by atoms with Gasteiger partial charge >= 0.3 is 0 Å². The molecule has 0 N–H and O–H groups in total. The molecule has 1 saturated carbocycles. The number of hydrogen-bond donors (Lipinski definition) is 1. The number of pyridine rings is 1. The van der Waals surface area contributed by atoms with E-state index in [1.54, 1.807) is 16.7 Å². The molecule has 96 valence electrons. The fourth-order valence-electron chi connectivity index (χ4n) is 3.25. The molecule has 1 fully saturated rings. The van der Waals surface area contributed by atoms with Crippen LogP contribution in [0.4, 0.5) is 0 Å². The van der Waals surface area contributed by atoms with E-state index in [0.717, 1.165) is 37.7 Å². The molecule has 0 aromatic carbocycles. The first kappa shape index (κ1) is 11.8. The summed E-state index contributed by atoms with van der Waals surface area (Å²) in [4.78, 5) is 24.5. The highest BCUT2D eigenvalue weighted by Crippen LogP contribution is 2.44. The van der Waals surface area contributed by atoms with Crippen LogP contribution in [0.2, 0.25) is 0 Å². The summed E-state index contributed by atoms with van der Waals surface area (Å²) in [6, 6.07) is 3.27. The lowest BCUT2D eigenvalue weighted by molar-refractivity contribution is 0.0596. The maximum absolute atomic E-state index is 12.3. The summed E-state index contributed by atoms with van der Waals surface area (Å²) < 4.78 is 3.16. The van der Waals surface area contributed by atoms with Crippen LogP contribution in [0.25, 0.3) is 0 Å². The lowest BCUT2D eigenvalue weighted by Crippen LogP contribution is -2.47. The average Bonchev–Trinajstić information content (AvgIpc) is 2.59. The standard InChI is InChI=1S/C13H16N2O2S/c1-9-5-6-10(16)14-11(9)12(17)15(18)13(14)7-3-2-4-8-13/h5-6,18H,2-4,7-8H2,1H3. The molecular formula is C13H16N2O2S. The van der Waals surface area contributed by atoms with Crippen molar-refractivity contribution in [3.63, 3.8) is 0 Å². The van der Waals surface area contributed by atoms with Crippen molar-refractivity contribution in [3.05, 3.63) is 33.7 Å². The highest BCUT2D eigenvalue weighted by atomic mass is 32.1. The lowest BCUT2D eigenvalue weighted by Gasteiger charge is -2.39. The molecular weight excluding hydrogens is 248 g/mol. The van der Waals surface area contributed by atoms with Crippen molar-refractivity contribution in [3.8, 4) is 0 Å². The maximum atomic E-state index is 12.3. The van der Waals surface area contributed by atoms with Crippen LogP contribution in [0.15, 0.2) is 16.9 Å². The van der Waals surface area contributed by atoms with Crippen molar-refractivity contribution in [2.24, 2.45) is 0 Å². The Morgan fingerprint density at radius 1 is 1.17 bits per heavy atom. The smallest absolute Gasteiger partial charge is 0.278 e. The monoisotopic (exact) mass is 264 g/mol. The number of fused-ring (bicyclic) bond motifs is 2. The summed E-state index contributed by atoms with van der Waals surface area (Å²) in [6.45, 7) is 1.87. The maximum Gasteiger partial charge on any atom is 0.282 e. The van der Waals surface area contributed by atoms with Gasteiger partial charge in [0.2, 0.25) is 0 Å². The molecule has 1 aliphatic carbocycles. The third kappa shape index (κ3) is 1.34. The van der Waals surface area contributed by atoms with Crippen LogP contribution in [0.5, 0.6) is 0 Å². The van der Waals surface area contributed by atoms with Crippen molar-refractivity contribution in [2.45, 2.75) is 44.7 Å². The Labute approximate surface area is 111 Å². The van der Waals surface area contributed by atoms with Gasteiger partial charge in [-0.15, -0.1) is 0 Å². The number of hydrogen-bond acceptors (Lipinski definition) is 3. The highest BCUT2D eigenvalue weighted by molar-refractivity contribution is 7.78. The molecule has 0 bridgehead atoms. The van der Waals surface area contributed by atoms with Gasteiger partial charge in [-0.05, 0) is 38.2 Å². The molecule has 1 aromatic rings. The molecule has 2 heterocycles. The van der Waals surface area contributed by atoms with E-state index in [-0.39, 0.29) is 11.5 Å². The van der Waals surface area contributed by atoms with E-state index in [9.17, 15) is 9.59 Å². The van der Waals surface area contributed by atoms with Gasteiger partial charge in [0.05, 0.1) is 0 Å². The zero-order valence-corrected chi connectivity index (χ0v) is 11.2. The van der Waals surface area contributed by atoms with Gasteiger partial charge in [0.25, 0.3) is 11.5 Å². The topological polar surface area (TPSA) is 42.3 Å². The average molecular weight is 264 g/mol. The minimum absolute atomic E-state index is 0.0950. The molecule has 1 amide bonds. The molecule has 1 aliphatic heterocycles. The SMILES string of the molecule is Cc1ccc(=O)n2c1C(=O)N(S)C21CCCCC1. The van der Waals surface area contributed by atoms with E-state index in [1.165, 1.54) is 4.31 Å². The van der Waals surface area contributed by atoms with Crippen molar-refractivity contribution in [1.82, 2.24) is 8.87 Å². The molecule has 1 aromatic heterocycles.